The maximum Gasteiger partial charge on any atom is 0.244 e. The van der Waals surface area contributed by atoms with Gasteiger partial charge in [0.1, 0.15) is 16.8 Å². The Balaban J connectivity index is 2.09. The van der Waals surface area contributed by atoms with Crippen LogP contribution in [-0.4, -0.2) is 13.5 Å². The molecule has 3 rings (SSSR count). The van der Waals surface area contributed by atoms with Gasteiger partial charge in [-0.25, -0.2) is 8.42 Å². The fourth-order valence-corrected chi connectivity index (χ4v) is 3.39. The van der Waals surface area contributed by atoms with Crippen molar-refractivity contribution in [3.8, 4) is 5.75 Å². The van der Waals surface area contributed by atoms with Crippen LogP contribution in [0.2, 0.25) is 0 Å². The molecule has 6 heteroatoms. The molecule has 1 heterocycles. The summed E-state index contributed by atoms with van der Waals surface area (Å²) in [5.41, 5.74) is 1.01. The van der Waals surface area contributed by atoms with Crippen molar-refractivity contribution in [3.05, 3.63) is 54.1 Å². The van der Waals surface area contributed by atoms with Crippen molar-refractivity contribution in [3.63, 3.8) is 0 Å². The minimum Gasteiger partial charge on any atom is -0.508 e. The summed E-state index contributed by atoms with van der Waals surface area (Å²) in [6.45, 7) is 0. The molecule has 2 aromatic carbocycles. The van der Waals surface area contributed by atoms with Crippen LogP contribution in [0.25, 0.3) is 0 Å². The molecule has 0 fully saturated rings. The minimum absolute atomic E-state index is 0.0436. The van der Waals surface area contributed by atoms with Crippen LogP contribution in [0.15, 0.2) is 53.4 Å². The number of phenols is 1. The number of sulfonamides is 1. The van der Waals surface area contributed by atoms with Crippen LogP contribution in [-0.2, 0) is 10.0 Å². The van der Waals surface area contributed by atoms with Crippen LogP contribution >= 0.6 is 0 Å². The van der Waals surface area contributed by atoms with Crippen LogP contribution in [0.4, 0.5) is 5.69 Å². The van der Waals surface area contributed by atoms with E-state index in [2.05, 4.69) is 10.0 Å². The first-order valence-corrected chi connectivity index (χ1v) is 7.22. The Kier molecular flexibility index (Phi) is 2.69. The summed E-state index contributed by atoms with van der Waals surface area (Å²) in [4.78, 5) is 0.210. The molecule has 1 aliphatic heterocycles. The highest BCUT2D eigenvalue weighted by Crippen LogP contribution is 2.33. The van der Waals surface area contributed by atoms with Crippen molar-refractivity contribution in [2.24, 2.45) is 0 Å². The van der Waals surface area contributed by atoms with E-state index in [1.807, 2.05) is 0 Å². The Morgan fingerprint density at radius 2 is 1.68 bits per heavy atom. The summed E-state index contributed by atoms with van der Waals surface area (Å²) in [5, 5.41) is 12.9. The molecule has 3 N–H and O–H groups in total. The number of anilines is 1. The number of phenolic OH excluding ortho intramolecular Hbond substituents is 1. The highest BCUT2D eigenvalue weighted by atomic mass is 32.2. The lowest BCUT2D eigenvalue weighted by atomic mass is 10.1. The second-order valence-corrected chi connectivity index (χ2v) is 5.94. The lowest BCUT2D eigenvalue weighted by Crippen LogP contribution is -2.38. The van der Waals surface area contributed by atoms with E-state index in [0.717, 1.165) is 0 Å². The molecule has 5 nitrogen and oxygen atoms in total. The number of aromatic hydroxyl groups is 1. The summed E-state index contributed by atoms with van der Waals surface area (Å²) in [6, 6.07) is 13.3. The van der Waals surface area contributed by atoms with Crippen molar-refractivity contribution < 1.29 is 13.5 Å². The van der Waals surface area contributed by atoms with Gasteiger partial charge in [0, 0.05) is 5.56 Å². The second-order valence-electron chi connectivity index (χ2n) is 4.25. The SMILES string of the molecule is O=S1(=O)NC(c2ccccc2O)Nc2ccccc21. The summed E-state index contributed by atoms with van der Waals surface area (Å²) in [7, 11) is -3.58. The van der Waals surface area contributed by atoms with Gasteiger partial charge in [-0.1, -0.05) is 30.3 Å². The smallest absolute Gasteiger partial charge is 0.244 e. The predicted molar refractivity (Wildman–Crippen MR) is 71.2 cm³/mol. The van der Waals surface area contributed by atoms with E-state index in [9.17, 15) is 13.5 Å². The summed E-state index contributed by atoms with van der Waals surface area (Å²) < 4.78 is 26.8. The largest absolute Gasteiger partial charge is 0.508 e. The Morgan fingerprint density at radius 3 is 2.47 bits per heavy atom. The number of benzene rings is 2. The van der Waals surface area contributed by atoms with Gasteiger partial charge in [-0.05, 0) is 18.2 Å². The fourth-order valence-electron chi connectivity index (χ4n) is 2.10. The van der Waals surface area contributed by atoms with Gasteiger partial charge in [0.05, 0.1) is 5.69 Å². The molecule has 0 saturated carbocycles. The summed E-state index contributed by atoms with van der Waals surface area (Å²) >= 11 is 0. The zero-order valence-corrected chi connectivity index (χ0v) is 10.7. The van der Waals surface area contributed by atoms with E-state index in [4.69, 9.17) is 0 Å². The molecule has 19 heavy (non-hydrogen) atoms. The van der Waals surface area contributed by atoms with Gasteiger partial charge in [0.25, 0.3) is 0 Å². The number of para-hydroxylation sites is 2. The highest BCUT2D eigenvalue weighted by molar-refractivity contribution is 7.89. The number of hydrogen-bond acceptors (Lipinski definition) is 4. The molecule has 0 bridgehead atoms. The highest BCUT2D eigenvalue weighted by Gasteiger charge is 2.30. The van der Waals surface area contributed by atoms with E-state index in [1.54, 1.807) is 36.4 Å². The molecule has 0 saturated heterocycles. The first kappa shape index (κ1) is 12.0. The first-order chi connectivity index (χ1) is 9.08. The van der Waals surface area contributed by atoms with E-state index in [-0.39, 0.29) is 10.6 Å². The van der Waals surface area contributed by atoms with Gasteiger partial charge in [-0.2, -0.15) is 4.72 Å². The number of hydrogen-bond donors (Lipinski definition) is 3. The third kappa shape index (κ3) is 2.05. The molecule has 0 spiro atoms. The normalized spacial score (nSPS) is 20.3. The molecule has 98 valence electrons. The van der Waals surface area contributed by atoms with Crippen molar-refractivity contribution in [1.82, 2.24) is 4.72 Å². The van der Waals surface area contributed by atoms with Gasteiger partial charge in [-0.15, -0.1) is 0 Å². The third-order valence-electron chi connectivity index (χ3n) is 3.00. The molecule has 1 atom stereocenters. The van der Waals surface area contributed by atoms with Crippen molar-refractivity contribution in [2.45, 2.75) is 11.1 Å². The monoisotopic (exact) mass is 276 g/mol. The molecule has 2 aromatic rings. The van der Waals surface area contributed by atoms with Gasteiger partial charge in [0.2, 0.25) is 10.0 Å². The van der Waals surface area contributed by atoms with Crippen molar-refractivity contribution in [2.75, 3.05) is 5.32 Å². The topological polar surface area (TPSA) is 78.4 Å². The zero-order valence-electron chi connectivity index (χ0n) is 9.87. The van der Waals surface area contributed by atoms with E-state index >= 15 is 0 Å². The predicted octanol–water partition coefficient (Wildman–Crippen LogP) is 1.79. The second kappa shape index (κ2) is 4.25. The van der Waals surface area contributed by atoms with Gasteiger partial charge >= 0.3 is 0 Å². The van der Waals surface area contributed by atoms with Crippen LogP contribution in [0, 0.1) is 0 Å². The molecule has 1 aliphatic rings. The fraction of sp³-hybridized carbons (Fsp3) is 0.0769. The molecule has 0 amide bonds. The molecule has 0 radical (unpaired) electrons. The van der Waals surface area contributed by atoms with Gasteiger partial charge in [-0.3, -0.25) is 0 Å². The maximum absolute atomic E-state index is 12.1. The summed E-state index contributed by atoms with van der Waals surface area (Å²) in [5.74, 6) is 0.0436. The van der Waals surface area contributed by atoms with Crippen LogP contribution in [0.1, 0.15) is 11.7 Å². The number of nitrogens with one attached hydrogen (secondary N) is 2. The third-order valence-corrected chi connectivity index (χ3v) is 4.48. The standard InChI is InChI=1S/C13H12N2O3S/c16-11-7-3-1-5-9(11)13-14-10-6-2-4-8-12(10)19(17,18)15-13/h1-8,13-16H. The van der Waals surface area contributed by atoms with Gasteiger partial charge in [0.15, 0.2) is 0 Å². The number of rotatable bonds is 1. The van der Waals surface area contributed by atoms with Crippen LogP contribution < -0.4 is 10.0 Å². The van der Waals surface area contributed by atoms with E-state index < -0.39 is 16.2 Å². The lowest BCUT2D eigenvalue weighted by molar-refractivity contribution is 0.460. The lowest BCUT2D eigenvalue weighted by Gasteiger charge is -2.28. The quantitative estimate of drug-likeness (QED) is 0.742. The minimum atomic E-state index is -3.58. The van der Waals surface area contributed by atoms with Gasteiger partial charge < -0.3 is 10.4 Å². The Hall–Kier alpha value is -2.05. The Labute approximate surface area is 111 Å². The summed E-state index contributed by atoms with van der Waals surface area (Å²) in [6.07, 6.45) is -0.680. The van der Waals surface area contributed by atoms with Crippen LogP contribution in [0.3, 0.4) is 0 Å². The number of fused-ring (bicyclic) bond motifs is 1. The average molecular weight is 276 g/mol. The van der Waals surface area contributed by atoms with Crippen molar-refractivity contribution in [1.29, 1.82) is 0 Å². The molecule has 0 aliphatic carbocycles. The molecule has 1 unspecified atom stereocenters. The van der Waals surface area contributed by atoms with Crippen molar-refractivity contribution >= 4 is 15.7 Å². The Bertz CT molecular complexity index is 728. The molecular formula is C13H12N2O3S. The maximum atomic E-state index is 12.1. The molecule has 0 aromatic heterocycles. The van der Waals surface area contributed by atoms with E-state index in [0.29, 0.717) is 11.3 Å². The average Bonchev–Trinajstić information content (AvgIpc) is 2.38. The molecular weight excluding hydrogens is 264 g/mol. The Morgan fingerprint density at radius 1 is 1.00 bits per heavy atom. The van der Waals surface area contributed by atoms with E-state index in [1.165, 1.54) is 12.1 Å². The van der Waals surface area contributed by atoms with Crippen LogP contribution in [0.5, 0.6) is 5.75 Å². The zero-order chi connectivity index (χ0) is 13.5. The first-order valence-electron chi connectivity index (χ1n) is 5.74.